The highest BCUT2D eigenvalue weighted by molar-refractivity contribution is 5.79. The van der Waals surface area contributed by atoms with E-state index in [-0.39, 0.29) is 12.5 Å². The van der Waals surface area contributed by atoms with E-state index in [1.54, 1.807) is 0 Å². The number of nitrogens with zero attached hydrogens (tertiary/aromatic N) is 2. The molecule has 6 heteroatoms. The van der Waals surface area contributed by atoms with E-state index in [9.17, 15) is 9.90 Å². The topological polar surface area (TPSA) is 77.0 Å². The van der Waals surface area contributed by atoms with Crippen LogP contribution in [0.1, 0.15) is 57.6 Å². The van der Waals surface area contributed by atoms with Crippen LogP contribution in [-0.2, 0) is 17.9 Å². The molecule has 0 saturated carbocycles. The Morgan fingerprint density at radius 1 is 1.21 bits per heavy atom. The molecule has 3 N–H and O–H groups in total. The normalized spacial score (nSPS) is 15.8. The Balaban J connectivity index is 1.88. The van der Waals surface area contributed by atoms with Crippen molar-refractivity contribution in [2.24, 2.45) is 16.8 Å². The monoisotopic (exact) mass is 402 g/mol. The van der Waals surface area contributed by atoms with Gasteiger partial charge in [-0.3, -0.25) is 4.79 Å². The van der Waals surface area contributed by atoms with Gasteiger partial charge in [0, 0.05) is 39.2 Å². The second-order valence-electron chi connectivity index (χ2n) is 8.32. The molecule has 1 saturated heterocycles. The van der Waals surface area contributed by atoms with Gasteiger partial charge in [0.1, 0.15) is 0 Å². The second kappa shape index (κ2) is 12.5. The van der Waals surface area contributed by atoms with Crippen LogP contribution in [0.5, 0.6) is 0 Å². The summed E-state index contributed by atoms with van der Waals surface area (Å²) in [5, 5.41) is 16.0. The van der Waals surface area contributed by atoms with Crippen molar-refractivity contribution in [3.05, 3.63) is 35.4 Å². The van der Waals surface area contributed by atoms with E-state index in [4.69, 9.17) is 4.99 Å². The third-order valence-corrected chi connectivity index (χ3v) is 5.23. The van der Waals surface area contributed by atoms with Crippen LogP contribution < -0.4 is 10.6 Å². The lowest BCUT2D eigenvalue weighted by molar-refractivity contribution is -0.128. The van der Waals surface area contributed by atoms with Gasteiger partial charge in [-0.1, -0.05) is 38.1 Å². The average Bonchev–Trinajstić information content (AvgIpc) is 3.09. The van der Waals surface area contributed by atoms with Crippen LogP contribution in [0.25, 0.3) is 0 Å². The number of benzene rings is 1. The van der Waals surface area contributed by atoms with Gasteiger partial charge in [-0.05, 0) is 49.1 Å². The quantitative estimate of drug-likeness (QED) is 0.393. The van der Waals surface area contributed by atoms with Crippen LogP contribution >= 0.6 is 0 Å². The van der Waals surface area contributed by atoms with E-state index in [0.29, 0.717) is 31.3 Å². The Bertz CT molecular complexity index is 643. The number of aliphatic hydroxyl groups excluding tert-OH is 1. The largest absolute Gasteiger partial charge is 0.396 e. The van der Waals surface area contributed by atoms with Gasteiger partial charge < -0.3 is 20.6 Å². The summed E-state index contributed by atoms with van der Waals surface area (Å²) in [6.45, 7) is 10.5. The molecule has 1 unspecified atom stereocenters. The summed E-state index contributed by atoms with van der Waals surface area (Å²) in [6.07, 6.45) is 3.56. The Labute approximate surface area is 175 Å². The molecule has 1 atom stereocenters. The van der Waals surface area contributed by atoms with E-state index < -0.39 is 0 Å². The molecule has 0 bridgehead atoms. The second-order valence-corrected chi connectivity index (χ2v) is 8.32. The van der Waals surface area contributed by atoms with Gasteiger partial charge in [0.05, 0.1) is 6.54 Å². The lowest BCUT2D eigenvalue weighted by Crippen LogP contribution is -2.40. The Morgan fingerprint density at radius 2 is 1.93 bits per heavy atom. The van der Waals surface area contributed by atoms with Crippen LogP contribution in [0.2, 0.25) is 0 Å². The fourth-order valence-electron chi connectivity index (χ4n) is 3.75. The number of amides is 1. The van der Waals surface area contributed by atoms with E-state index in [0.717, 1.165) is 50.4 Å². The first kappa shape index (κ1) is 23.2. The van der Waals surface area contributed by atoms with Crippen molar-refractivity contribution in [2.45, 2.75) is 59.5 Å². The first-order chi connectivity index (χ1) is 14.0. The molecule has 1 aliphatic rings. The SMILES string of the molecule is CCNC(=NCc1ccc(CN2CCCC2=O)cc1)NCC(CCO)CC(C)C. The third-order valence-electron chi connectivity index (χ3n) is 5.23. The van der Waals surface area contributed by atoms with E-state index in [1.165, 1.54) is 5.56 Å². The zero-order valence-electron chi connectivity index (χ0n) is 18.3. The molecule has 6 nitrogen and oxygen atoms in total. The van der Waals surface area contributed by atoms with Crippen molar-refractivity contribution in [2.75, 3.05) is 26.2 Å². The molecule has 162 valence electrons. The molecule has 2 rings (SSSR count). The number of rotatable bonds is 11. The highest BCUT2D eigenvalue weighted by Gasteiger charge is 2.19. The van der Waals surface area contributed by atoms with Crippen molar-refractivity contribution in [3.8, 4) is 0 Å². The van der Waals surface area contributed by atoms with E-state index in [2.05, 4.69) is 55.7 Å². The molecule has 1 fully saturated rings. The van der Waals surface area contributed by atoms with Gasteiger partial charge in [-0.2, -0.15) is 0 Å². The maximum atomic E-state index is 11.8. The third kappa shape index (κ3) is 8.44. The minimum atomic E-state index is 0.224. The van der Waals surface area contributed by atoms with Crippen molar-refractivity contribution >= 4 is 11.9 Å². The number of aliphatic hydroxyl groups is 1. The fourth-order valence-corrected chi connectivity index (χ4v) is 3.75. The maximum Gasteiger partial charge on any atom is 0.222 e. The highest BCUT2D eigenvalue weighted by Crippen LogP contribution is 2.16. The van der Waals surface area contributed by atoms with Crippen LogP contribution in [0.3, 0.4) is 0 Å². The summed E-state index contributed by atoms with van der Waals surface area (Å²) in [6, 6.07) is 8.37. The Kier molecular flexibility index (Phi) is 9.98. The number of likely N-dealkylation sites (tertiary alicyclic amines) is 1. The van der Waals surface area contributed by atoms with Crippen LogP contribution in [-0.4, -0.2) is 48.1 Å². The molecule has 1 aromatic rings. The first-order valence-electron chi connectivity index (χ1n) is 11.0. The zero-order valence-corrected chi connectivity index (χ0v) is 18.3. The van der Waals surface area contributed by atoms with E-state index >= 15 is 0 Å². The first-order valence-corrected chi connectivity index (χ1v) is 11.0. The van der Waals surface area contributed by atoms with Crippen LogP contribution in [0, 0.1) is 11.8 Å². The van der Waals surface area contributed by atoms with Crippen LogP contribution in [0.4, 0.5) is 0 Å². The van der Waals surface area contributed by atoms with Crippen molar-refractivity contribution in [1.82, 2.24) is 15.5 Å². The minimum absolute atomic E-state index is 0.224. The van der Waals surface area contributed by atoms with Crippen LogP contribution in [0.15, 0.2) is 29.3 Å². The molecule has 1 aliphatic heterocycles. The number of hydrogen-bond donors (Lipinski definition) is 3. The van der Waals surface area contributed by atoms with Gasteiger partial charge in [0.25, 0.3) is 0 Å². The number of carbonyl (C=O) groups excluding carboxylic acids is 1. The fraction of sp³-hybridized carbons (Fsp3) is 0.652. The number of guanidine groups is 1. The Hall–Kier alpha value is -2.08. The highest BCUT2D eigenvalue weighted by atomic mass is 16.3. The van der Waals surface area contributed by atoms with Crippen molar-refractivity contribution in [1.29, 1.82) is 0 Å². The average molecular weight is 403 g/mol. The number of hydrogen-bond acceptors (Lipinski definition) is 3. The van der Waals surface area contributed by atoms with Gasteiger partial charge in [0.15, 0.2) is 5.96 Å². The standard InChI is InChI=1S/C23H38N4O2/c1-4-24-23(26-16-21(11-13-28)14-18(2)3)25-15-19-7-9-20(10-8-19)17-27-12-5-6-22(27)29/h7-10,18,21,28H,4-6,11-17H2,1-3H3,(H2,24,25,26). The number of carbonyl (C=O) groups is 1. The molecule has 29 heavy (non-hydrogen) atoms. The van der Waals surface area contributed by atoms with Gasteiger partial charge in [-0.15, -0.1) is 0 Å². The molecule has 0 aliphatic carbocycles. The number of nitrogens with one attached hydrogen (secondary N) is 2. The molecule has 1 heterocycles. The van der Waals surface area contributed by atoms with Crippen molar-refractivity contribution < 1.29 is 9.90 Å². The Morgan fingerprint density at radius 3 is 2.52 bits per heavy atom. The predicted octanol–water partition coefficient (Wildman–Crippen LogP) is 2.91. The summed E-state index contributed by atoms with van der Waals surface area (Å²) < 4.78 is 0. The molecule has 0 aromatic heterocycles. The lowest BCUT2D eigenvalue weighted by atomic mass is 9.94. The summed E-state index contributed by atoms with van der Waals surface area (Å²) in [5.74, 6) is 2.13. The van der Waals surface area contributed by atoms with Gasteiger partial charge in [-0.25, -0.2) is 4.99 Å². The maximum absolute atomic E-state index is 11.8. The zero-order chi connectivity index (χ0) is 21.1. The summed E-state index contributed by atoms with van der Waals surface area (Å²) >= 11 is 0. The predicted molar refractivity (Wildman–Crippen MR) is 119 cm³/mol. The summed E-state index contributed by atoms with van der Waals surface area (Å²) in [4.78, 5) is 18.4. The molecule has 1 aromatic carbocycles. The number of aliphatic imine (C=N–C) groups is 1. The molecule has 1 amide bonds. The van der Waals surface area contributed by atoms with Crippen molar-refractivity contribution in [3.63, 3.8) is 0 Å². The van der Waals surface area contributed by atoms with Gasteiger partial charge >= 0.3 is 0 Å². The minimum Gasteiger partial charge on any atom is -0.396 e. The molecule has 0 spiro atoms. The molecular weight excluding hydrogens is 364 g/mol. The summed E-state index contributed by atoms with van der Waals surface area (Å²) in [5.41, 5.74) is 2.31. The summed E-state index contributed by atoms with van der Waals surface area (Å²) in [7, 11) is 0. The molecule has 0 radical (unpaired) electrons. The lowest BCUT2D eigenvalue weighted by Gasteiger charge is -2.20. The smallest absolute Gasteiger partial charge is 0.222 e. The molecular formula is C23H38N4O2. The van der Waals surface area contributed by atoms with E-state index in [1.807, 2.05) is 4.90 Å². The van der Waals surface area contributed by atoms with Gasteiger partial charge in [0.2, 0.25) is 5.91 Å².